The van der Waals surface area contributed by atoms with Crippen LogP contribution in [0.2, 0.25) is 0 Å². The molecule has 0 radical (unpaired) electrons. The van der Waals surface area contributed by atoms with Crippen LogP contribution in [-0.2, 0) is 9.59 Å². The number of aromatic nitrogens is 1. The van der Waals surface area contributed by atoms with Crippen molar-refractivity contribution in [1.29, 1.82) is 0 Å². The van der Waals surface area contributed by atoms with Gasteiger partial charge < -0.3 is 5.11 Å². The molecule has 86 valence electrons. The second-order valence-electron chi connectivity index (χ2n) is 3.03. The number of hydrogen-bond donors (Lipinski definition) is 1. The molecule has 6 heteroatoms. The highest BCUT2D eigenvalue weighted by Crippen LogP contribution is 2.09. The Morgan fingerprint density at radius 2 is 2.19 bits per heavy atom. The summed E-state index contributed by atoms with van der Waals surface area (Å²) < 4.78 is 0. The quantitative estimate of drug-likeness (QED) is 0.826. The number of carboxylic acids is 1. The Morgan fingerprint density at radius 3 is 2.75 bits per heavy atom. The number of carbonyl (C=O) groups is 2. The summed E-state index contributed by atoms with van der Waals surface area (Å²) in [4.78, 5) is 27.3. The van der Waals surface area contributed by atoms with Gasteiger partial charge in [-0.05, 0) is 12.1 Å². The Bertz CT molecular complexity index is 370. The summed E-state index contributed by atoms with van der Waals surface area (Å²) in [5, 5.41) is 8.42. The van der Waals surface area contributed by atoms with Crippen LogP contribution in [0.4, 0.5) is 5.82 Å². The number of hydrogen-bond acceptors (Lipinski definition) is 4. The minimum Gasteiger partial charge on any atom is -0.481 e. The molecule has 0 saturated heterocycles. The molecule has 0 aliphatic carbocycles. The van der Waals surface area contributed by atoms with E-state index in [1.54, 1.807) is 31.4 Å². The van der Waals surface area contributed by atoms with E-state index in [0.717, 1.165) is 11.8 Å². The van der Waals surface area contributed by atoms with Crippen molar-refractivity contribution >= 4 is 29.5 Å². The van der Waals surface area contributed by atoms with Crippen LogP contribution in [0.3, 0.4) is 0 Å². The summed E-state index contributed by atoms with van der Waals surface area (Å²) in [7, 11) is 1.62. The predicted octanol–water partition coefficient (Wildman–Crippen LogP) is 0.862. The lowest BCUT2D eigenvalue weighted by atomic mass is 10.4. The monoisotopic (exact) mass is 240 g/mol. The van der Waals surface area contributed by atoms with Gasteiger partial charge in [0.05, 0.1) is 11.5 Å². The third kappa shape index (κ3) is 3.90. The molecule has 1 amide bonds. The maximum atomic E-state index is 11.6. The van der Waals surface area contributed by atoms with Crippen LogP contribution in [-0.4, -0.2) is 40.5 Å². The summed E-state index contributed by atoms with van der Waals surface area (Å²) in [5.41, 5.74) is 0. The minimum atomic E-state index is -0.918. The Hall–Kier alpha value is -1.56. The molecule has 0 spiro atoms. The number of thioether (sulfide) groups is 1. The molecule has 0 fully saturated rings. The summed E-state index contributed by atoms with van der Waals surface area (Å²) in [6.07, 6.45) is 1.60. The molecule has 0 aromatic carbocycles. The molecule has 1 aromatic rings. The Morgan fingerprint density at radius 1 is 1.44 bits per heavy atom. The smallest absolute Gasteiger partial charge is 0.313 e. The van der Waals surface area contributed by atoms with Gasteiger partial charge in [-0.3, -0.25) is 14.5 Å². The number of pyridine rings is 1. The zero-order valence-electron chi connectivity index (χ0n) is 8.79. The van der Waals surface area contributed by atoms with Gasteiger partial charge in [0.1, 0.15) is 5.82 Å². The fourth-order valence-corrected chi connectivity index (χ4v) is 1.65. The van der Waals surface area contributed by atoms with Gasteiger partial charge in [-0.25, -0.2) is 4.98 Å². The fraction of sp³-hybridized carbons (Fsp3) is 0.300. The van der Waals surface area contributed by atoms with E-state index < -0.39 is 5.97 Å². The highest BCUT2D eigenvalue weighted by molar-refractivity contribution is 8.00. The van der Waals surface area contributed by atoms with Gasteiger partial charge in [0.2, 0.25) is 5.91 Å². The van der Waals surface area contributed by atoms with E-state index in [9.17, 15) is 9.59 Å². The predicted molar refractivity (Wildman–Crippen MR) is 62.6 cm³/mol. The number of carbonyl (C=O) groups excluding carboxylic acids is 1. The van der Waals surface area contributed by atoms with Crippen molar-refractivity contribution < 1.29 is 14.7 Å². The van der Waals surface area contributed by atoms with E-state index in [1.807, 2.05) is 0 Å². The molecule has 0 unspecified atom stereocenters. The van der Waals surface area contributed by atoms with Gasteiger partial charge in [-0.2, -0.15) is 0 Å². The highest BCUT2D eigenvalue weighted by atomic mass is 32.2. The zero-order chi connectivity index (χ0) is 12.0. The van der Waals surface area contributed by atoms with Crippen LogP contribution in [0.1, 0.15) is 0 Å². The first kappa shape index (κ1) is 12.5. The van der Waals surface area contributed by atoms with Crippen molar-refractivity contribution in [3.05, 3.63) is 24.4 Å². The Labute approximate surface area is 97.5 Å². The summed E-state index contributed by atoms with van der Waals surface area (Å²) >= 11 is 1.07. The molecule has 1 rings (SSSR count). The summed E-state index contributed by atoms with van der Waals surface area (Å²) in [6, 6.07) is 5.28. The molecular formula is C10H12N2O3S. The Kier molecular flexibility index (Phi) is 4.78. The number of rotatable bonds is 5. The lowest BCUT2D eigenvalue weighted by Gasteiger charge is -2.15. The van der Waals surface area contributed by atoms with Gasteiger partial charge in [0, 0.05) is 13.2 Å². The van der Waals surface area contributed by atoms with Crippen molar-refractivity contribution in [2.24, 2.45) is 0 Å². The largest absolute Gasteiger partial charge is 0.481 e. The van der Waals surface area contributed by atoms with Crippen LogP contribution in [0.5, 0.6) is 0 Å². The van der Waals surface area contributed by atoms with E-state index in [-0.39, 0.29) is 17.4 Å². The van der Waals surface area contributed by atoms with Gasteiger partial charge in [0.15, 0.2) is 0 Å². The van der Waals surface area contributed by atoms with Crippen molar-refractivity contribution in [3.8, 4) is 0 Å². The standard InChI is InChI=1S/C10H12N2O3S/c1-12(8-4-2-3-5-11-8)9(13)6-16-7-10(14)15/h2-5H,6-7H2,1H3,(H,14,15). The highest BCUT2D eigenvalue weighted by Gasteiger charge is 2.11. The van der Waals surface area contributed by atoms with Crippen molar-refractivity contribution in [3.63, 3.8) is 0 Å². The first-order valence-corrected chi connectivity index (χ1v) is 5.74. The number of nitrogens with zero attached hydrogens (tertiary/aromatic N) is 2. The molecule has 0 aliphatic heterocycles. The normalized spacial score (nSPS) is 9.81. The lowest BCUT2D eigenvalue weighted by Crippen LogP contribution is -2.29. The first-order chi connectivity index (χ1) is 7.61. The molecule has 1 N–H and O–H groups in total. The molecule has 0 aliphatic rings. The number of aliphatic carboxylic acids is 1. The average molecular weight is 240 g/mol. The lowest BCUT2D eigenvalue weighted by molar-refractivity contribution is -0.133. The van der Waals surface area contributed by atoms with Crippen molar-refractivity contribution in [2.75, 3.05) is 23.5 Å². The molecule has 0 saturated carbocycles. The molecule has 5 nitrogen and oxygen atoms in total. The third-order valence-electron chi connectivity index (χ3n) is 1.82. The average Bonchev–Trinajstić information content (AvgIpc) is 2.28. The molecule has 16 heavy (non-hydrogen) atoms. The van der Waals surface area contributed by atoms with Gasteiger partial charge in [-0.15, -0.1) is 11.8 Å². The number of amides is 1. The van der Waals surface area contributed by atoms with Gasteiger partial charge in [0.25, 0.3) is 0 Å². The third-order valence-corrected chi connectivity index (χ3v) is 2.72. The first-order valence-electron chi connectivity index (χ1n) is 4.58. The molecular weight excluding hydrogens is 228 g/mol. The van der Waals surface area contributed by atoms with Crippen LogP contribution in [0, 0.1) is 0 Å². The maximum Gasteiger partial charge on any atom is 0.313 e. The van der Waals surface area contributed by atoms with Crippen LogP contribution < -0.4 is 4.90 Å². The van der Waals surface area contributed by atoms with E-state index in [1.165, 1.54) is 4.90 Å². The van der Waals surface area contributed by atoms with Crippen LogP contribution >= 0.6 is 11.8 Å². The van der Waals surface area contributed by atoms with Crippen LogP contribution in [0.15, 0.2) is 24.4 Å². The van der Waals surface area contributed by atoms with Crippen molar-refractivity contribution in [2.45, 2.75) is 0 Å². The van der Waals surface area contributed by atoms with E-state index in [0.29, 0.717) is 5.82 Å². The van der Waals surface area contributed by atoms with Crippen molar-refractivity contribution in [1.82, 2.24) is 4.98 Å². The number of carboxylic acid groups (broad SMARTS) is 1. The van der Waals surface area contributed by atoms with Gasteiger partial charge >= 0.3 is 5.97 Å². The molecule has 0 bridgehead atoms. The number of anilines is 1. The van der Waals surface area contributed by atoms with E-state index >= 15 is 0 Å². The van der Waals surface area contributed by atoms with Crippen LogP contribution in [0.25, 0.3) is 0 Å². The minimum absolute atomic E-state index is 0.0677. The molecule has 1 aromatic heterocycles. The summed E-state index contributed by atoms with van der Waals surface area (Å²) in [6.45, 7) is 0. The van der Waals surface area contributed by atoms with Gasteiger partial charge in [-0.1, -0.05) is 6.07 Å². The summed E-state index contributed by atoms with van der Waals surface area (Å²) in [5.74, 6) is -0.451. The fourth-order valence-electron chi connectivity index (χ4n) is 1.00. The molecule has 1 heterocycles. The zero-order valence-corrected chi connectivity index (χ0v) is 9.61. The maximum absolute atomic E-state index is 11.6. The topological polar surface area (TPSA) is 70.5 Å². The second kappa shape index (κ2) is 6.12. The second-order valence-corrected chi connectivity index (χ2v) is 4.01. The Balaban J connectivity index is 2.45. The SMILES string of the molecule is CN(C(=O)CSCC(=O)O)c1ccccn1. The van der Waals surface area contributed by atoms with E-state index in [4.69, 9.17) is 5.11 Å². The van der Waals surface area contributed by atoms with E-state index in [2.05, 4.69) is 4.98 Å². The molecule has 0 atom stereocenters.